The van der Waals surface area contributed by atoms with Crippen molar-refractivity contribution >= 4 is 12.0 Å². The molecule has 0 aromatic rings. The van der Waals surface area contributed by atoms with Gasteiger partial charge in [-0.25, -0.2) is 4.79 Å². The summed E-state index contributed by atoms with van der Waals surface area (Å²) in [6.45, 7) is 2.22. The van der Waals surface area contributed by atoms with Crippen LogP contribution in [0.15, 0.2) is 0 Å². The molecule has 98 valence electrons. The lowest BCUT2D eigenvalue weighted by atomic mass is 10.1. The fourth-order valence-corrected chi connectivity index (χ4v) is 1.80. The zero-order valence-electron chi connectivity index (χ0n) is 10.5. The van der Waals surface area contributed by atoms with E-state index >= 15 is 0 Å². The van der Waals surface area contributed by atoms with Crippen LogP contribution in [0.2, 0.25) is 0 Å². The SMILES string of the molecule is CN1CCC(NC(=O)N(C)CCC(=O)O)CC1. The molecule has 17 heavy (non-hydrogen) atoms. The molecule has 0 atom stereocenters. The number of likely N-dealkylation sites (tertiary alicyclic amines) is 1. The Hall–Kier alpha value is -1.30. The van der Waals surface area contributed by atoms with E-state index in [1.54, 1.807) is 7.05 Å². The lowest BCUT2D eigenvalue weighted by Crippen LogP contribution is -2.47. The number of nitrogens with zero attached hydrogens (tertiary/aromatic N) is 2. The fraction of sp³-hybridized carbons (Fsp3) is 0.818. The highest BCUT2D eigenvalue weighted by Crippen LogP contribution is 2.08. The first kappa shape index (κ1) is 13.8. The van der Waals surface area contributed by atoms with E-state index in [-0.39, 0.29) is 25.0 Å². The van der Waals surface area contributed by atoms with Gasteiger partial charge in [0.25, 0.3) is 0 Å². The van der Waals surface area contributed by atoms with Crippen LogP contribution >= 0.6 is 0 Å². The van der Waals surface area contributed by atoms with Crippen molar-refractivity contribution in [2.75, 3.05) is 33.7 Å². The largest absolute Gasteiger partial charge is 0.481 e. The van der Waals surface area contributed by atoms with Crippen molar-refractivity contribution in [1.29, 1.82) is 0 Å². The number of hydrogen-bond acceptors (Lipinski definition) is 3. The Labute approximate surface area is 102 Å². The van der Waals surface area contributed by atoms with E-state index < -0.39 is 5.97 Å². The number of carbonyl (C=O) groups is 2. The van der Waals surface area contributed by atoms with E-state index in [1.165, 1.54) is 4.90 Å². The normalized spacial score (nSPS) is 17.8. The van der Waals surface area contributed by atoms with E-state index in [0.717, 1.165) is 25.9 Å². The highest BCUT2D eigenvalue weighted by atomic mass is 16.4. The van der Waals surface area contributed by atoms with Gasteiger partial charge in [-0.2, -0.15) is 0 Å². The average Bonchev–Trinajstić information content (AvgIpc) is 2.28. The van der Waals surface area contributed by atoms with Gasteiger partial charge in [-0.05, 0) is 33.0 Å². The zero-order valence-corrected chi connectivity index (χ0v) is 10.5. The van der Waals surface area contributed by atoms with E-state index in [4.69, 9.17) is 5.11 Å². The van der Waals surface area contributed by atoms with Gasteiger partial charge in [0.05, 0.1) is 6.42 Å². The number of piperidine rings is 1. The minimum absolute atomic E-state index is 0.0165. The second-order valence-corrected chi connectivity index (χ2v) is 4.59. The molecule has 0 aromatic heterocycles. The first-order chi connectivity index (χ1) is 7.99. The van der Waals surface area contributed by atoms with Crippen LogP contribution in [-0.4, -0.2) is 66.7 Å². The topological polar surface area (TPSA) is 72.9 Å². The number of rotatable bonds is 4. The third kappa shape index (κ3) is 5.04. The standard InChI is InChI=1S/C11H21N3O3/c1-13-6-3-9(4-7-13)12-11(17)14(2)8-5-10(15)16/h9H,3-8H2,1-2H3,(H,12,17)(H,15,16). The molecule has 0 aromatic carbocycles. The molecule has 6 heteroatoms. The molecule has 6 nitrogen and oxygen atoms in total. The van der Waals surface area contributed by atoms with Crippen molar-refractivity contribution in [2.45, 2.75) is 25.3 Å². The van der Waals surface area contributed by atoms with Crippen LogP contribution in [0, 0.1) is 0 Å². The van der Waals surface area contributed by atoms with E-state index in [0.29, 0.717) is 0 Å². The number of carboxylic acids is 1. The summed E-state index contributed by atoms with van der Waals surface area (Å²) in [6, 6.07) is 0.0341. The number of aliphatic carboxylic acids is 1. The maximum Gasteiger partial charge on any atom is 0.317 e. The molecule has 1 rings (SSSR count). The number of carboxylic acid groups (broad SMARTS) is 1. The summed E-state index contributed by atoms with van der Waals surface area (Å²) < 4.78 is 0. The molecule has 1 saturated heterocycles. The number of hydrogen-bond donors (Lipinski definition) is 2. The number of amides is 2. The molecule has 2 amide bonds. The Kier molecular flexibility index (Phi) is 5.21. The van der Waals surface area contributed by atoms with Gasteiger partial charge in [0, 0.05) is 19.6 Å². The lowest BCUT2D eigenvalue weighted by Gasteiger charge is -2.30. The Morgan fingerprint density at radius 1 is 1.41 bits per heavy atom. The van der Waals surface area contributed by atoms with Crippen molar-refractivity contribution in [3.8, 4) is 0 Å². The van der Waals surface area contributed by atoms with E-state index in [9.17, 15) is 9.59 Å². The van der Waals surface area contributed by atoms with Crippen molar-refractivity contribution in [1.82, 2.24) is 15.1 Å². The molecule has 2 N–H and O–H groups in total. The molecule has 0 saturated carbocycles. The summed E-state index contributed by atoms with van der Waals surface area (Å²) in [7, 11) is 3.68. The summed E-state index contributed by atoms with van der Waals surface area (Å²) in [5.41, 5.74) is 0. The van der Waals surface area contributed by atoms with E-state index in [2.05, 4.69) is 17.3 Å². The molecule has 0 aliphatic carbocycles. The summed E-state index contributed by atoms with van der Waals surface area (Å²) >= 11 is 0. The number of nitrogens with one attached hydrogen (secondary N) is 1. The van der Waals surface area contributed by atoms with Gasteiger partial charge in [0.1, 0.15) is 0 Å². The molecular weight excluding hydrogens is 222 g/mol. The maximum atomic E-state index is 11.7. The van der Waals surface area contributed by atoms with Crippen LogP contribution in [0.5, 0.6) is 0 Å². The lowest BCUT2D eigenvalue weighted by molar-refractivity contribution is -0.137. The molecule has 1 aliphatic rings. The molecule has 1 heterocycles. The first-order valence-corrected chi connectivity index (χ1v) is 5.91. The summed E-state index contributed by atoms with van der Waals surface area (Å²) in [6.07, 6.45) is 1.89. The van der Waals surface area contributed by atoms with Crippen LogP contribution in [0.1, 0.15) is 19.3 Å². The van der Waals surface area contributed by atoms with Crippen LogP contribution in [0.4, 0.5) is 4.79 Å². The van der Waals surface area contributed by atoms with Crippen molar-refractivity contribution in [3.63, 3.8) is 0 Å². The number of carbonyl (C=O) groups excluding carboxylic acids is 1. The highest BCUT2D eigenvalue weighted by molar-refractivity contribution is 5.75. The van der Waals surface area contributed by atoms with Gasteiger partial charge in [-0.15, -0.1) is 0 Å². The van der Waals surface area contributed by atoms with Crippen molar-refractivity contribution < 1.29 is 14.7 Å². The predicted molar refractivity (Wildman–Crippen MR) is 63.9 cm³/mol. The average molecular weight is 243 g/mol. The van der Waals surface area contributed by atoms with Crippen molar-refractivity contribution in [2.24, 2.45) is 0 Å². The van der Waals surface area contributed by atoms with Gasteiger partial charge < -0.3 is 20.2 Å². The fourth-order valence-electron chi connectivity index (χ4n) is 1.80. The first-order valence-electron chi connectivity index (χ1n) is 5.91. The van der Waals surface area contributed by atoms with Crippen LogP contribution in [-0.2, 0) is 4.79 Å². The third-order valence-corrected chi connectivity index (χ3v) is 3.05. The maximum absolute atomic E-state index is 11.7. The Balaban J connectivity index is 2.25. The minimum Gasteiger partial charge on any atom is -0.481 e. The quantitative estimate of drug-likeness (QED) is 0.739. The van der Waals surface area contributed by atoms with Crippen molar-refractivity contribution in [3.05, 3.63) is 0 Å². The highest BCUT2D eigenvalue weighted by Gasteiger charge is 2.20. The van der Waals surface area contributed by atoms with Gasteiger partial charge >= 0.3 is 12.0 Å². The predicted octanol–water partition coefficient (Wildman–Crippen LogP) is 0.197. The second kappa shape index (κ2) is 6.44. The number of urea groups is 1. The van der Waals surface area contributed by atoms with Gasteiger partial charge in [-0.1, -0.05) is 0 Å². The summed E-state index contributed by atoms with van der Waals surface area (Å²) in [4.78, 5) is 25.8. The molecule has 0 bridgehead atoms. The molecular formula is C11H21N3O3. The van der Waals surface area contributed by atoms with Gasteiger partial charge in [0.2, 0.25) is 0 Å². The second-order valence-electron chi connectivity index (χ2n) is 4.59. The Bertz CT molecular complexity index is 275. The molecule has 0 spiro atoms. The summed E-state index contributed by atoms with van der Waals surface area (Å²) in [5, 5.41) is 11.5. The third-order valence-electron chi connectivity index (χ3n) is 3.05. The molecule has 0 radical (unpaired) electrons. The van der Waals surface area contributed by atoms with Gasteiger partial charge in [-0.3, -0.25) is 4.79 Å². The zero-order chi connectivity index (χ0) is 12.8. The molecule has 0 unspecified atom stereocenters. The van der Waals surface area contributed by atoms with Crippen LogP contribution in [0.25, 0.3) is 0 Å². The van der Waals surface area contributed by atoms with E-state index in [1.807, 2.05) is 0 Å². The molecule has 1 aliphatic heterocycles. The minimum atomic E-state index is -0.885. The van der Waals surface area contributed by atoms with Gasteiger partial charge in [0.15, 0.2) is 0 Å². The Morgan fingerprint density at radius 3 is 2.53 bits per heavy atom. The van der Waals surface area contributed by atoms with Crippen LogP contribution in [0.3, 0.4) is 0 Å². The monoisotopic (exact) mass is 243 g/mol. The molecule has 1 fully saturated rings. The van der Waals surface area contributed by atoms with Crippen LogP contribution < -0.4 is 5.32 Å². The Morgan fingerprint density at radius 2 is 2.00 bits per heavy atom. The summed E-state index contributed by atoms with van der Waals surface area (Å²) in [5.74, 6) is -0.885. The smallest absolute Gasteiger partial charge is 0.317 e.